The van der Waals surface area contributed by atoms with E-state index in [1.807, 2.05) is 38.4 Å². The van der Waals surface area contributed by atoms with Crippen molar-refractivity contribution in [1.29, 1.82) is 0 Å². The van der Waals surface area contributed by atoms with E-state index in [-0.39, 0.29) is 5.75 Å². The first-order valence-corrected chi connectivity index (χ1v) is 11.9. The summed E-state index contributed by atoms with van der Waals surface area (Å²) in [7, 11) is 0.936. The molecule has 1 heterocycles. The van der Waals surface area contributed by atoms with Gasteiger partial charge in [-0.15, -0.1) is 10.2 Å². The molecule has 2 N–H and O–H groups in total. The molecule has 1 aliphatic carbocycles. The van der Waals surface area contributed by atoms with E-state index in [9.17, 15) is 8.42 Å². The predicted molar refractivity (Wildman–Crippen MR) is 119 cm³/mol. The molecule has 158 valence electrons. The average molecular weight is 418 g/mol. The number of nitrogens with zero attached hydrogens (tertiary/aromatic N) is 3. The van der Waals surface area contributed by atoms with Crippen LogP contribution in [0.25, 0.3) is 11.3 Å². The molecule has 0 saturated heterocycles. The van der Waals surface area contributed by atoms with E-state index in [4.69, 9.17) is 0 Å². The first-order valence-electron chi connectivity index (χ1n) is 10.2. The van der Waals surface area contributed by atoms with Gasteiger partial charge in [0.25, 0.3) is 0 Å². The first-order chi connectivity index (χ1) is 13.9. The highest BCUT2D eigenvalue weighted by Gasteiger charge is 2.22. The fraction of sp³-hybridized carbons (Fsp3) is 0.524. The first kappa shape index (κ1) is 21.5. The molecule has 0 unspecified atom stereocenters. The smallest absolute Gasteiger partial charge is 0.211 e. The fourth-order valence-electron chi connectivity index (χ4n) is 3.57. The molecule has 0 radical (unpaired) electrons. The van der Waals surface area contributed by atoms with Gasteiger partial charge in [0.2, 0.25) is 10.0 Å². The SMILES string of the molecule is CCS(=O)(=O)NC[C@H]1CC[C@H](Nc2ccc(-c3cccc(N(C)C)c3)nn2)CC1. The number of hydrogen-bond donors (Lipinski definition) is 2. The van der Waals surface area contributed by atoms with Crippen LogP contribution in [-0.2, 0) is 10.0 Å². The molecule has 0 aliphatic heterocycles. The van der Waals surface area contributed by atoms with Crippen LogP contribution in [0.15, 0.2) is 36.4 Å². The highest BCUT2D eigenvalue weighted by atomic mass is 32.2. The van der Waals surface area contributed by atoms with E-state index in [1.54, 1.807) is 6.92 Å². The van der Waals surface area contributed by atoms with E-state index in [1.165, 1.54) is 0 Å². The van der Waals surface area contributed by atoms with Crippen LogP contribution in [0.1, 0.15) is 32.6 Å². The molecule has 3 rings (SSSR count). The molecule has 1 aliphatic rings. The summed E-state index contributed by atoms with van der Waals surface area (Å²) in [5.41, 5.74) is 3.03. The molecule has 29 heavy (non-hydrogen) atoms. The van der Waals surface area contributed by atoms with E-state index >= 15 is 0 Å². The number of hydrogen-bond acceptors (Lipinski definition) is 6. The van der Waals surface area contributed by atoms with Gasteiger partial charge in [0, 0.05) is 37.9 Å². The Bertz CT molecular complexity index is 892. The van der Waals surface area contributed by atoms with Crippen molar-refractivity contribution in [3.8, 4) is 11.3 Å². The van der Waals surface area contributed by atoms with Gasteiger partial charge in [-0.25, -0.2) is 13.1 Å². The van der Waals surface area contributed by atoms with Crippen molar-refractivity contribution in [1.82, 2.24) is 14.9 Å². The Balaban J connectivity index is 1.51. The summed E-state index contributed by atoms with van der Waals surface area (Å²) in [5, 5.41) is 12.2. The zero-order chi connectivity index (χ0) is 20.9. The molecule has 7 nitrogen and oxygen atoms in total. The van der Waals surface area contributed by atoms with Crippen LogP contribution in [0, 0.1) is 5.92 Å². The zero-order valence-corrected chi connectivity index (χ0v) is 18.2. The highest BCUT2D eigenvalue weighted by Crippen LogP contribution is 2.27. The lowest BCUT2D eigenvalue weighted by Gasteiger charge is -2.29. The Morgan fingerprint density at radius 1 is 1.07 bits per heavy atom. The molecule has 1 fully saturated rings. The van der Waals surface area contributed by atoms with Crippen LogP contribution in [-0.4, -0.2) is 51.0 Å². The maximum atomic E-state index is 11.6. The minimum absolute atomic E-state index is 0.137. The Morgan fingerprint density at radius 3 is 2.45 bits per heavy atom. The third-order valence-electron chi connectivity index (χ3n) is 5.49. The monoisotopic (exact) mass is 417 g/mol. The maximum Gasteiger partial charge on any atom is 0.211 e. The molecule has 2 aromatic rings. The van der Waals surface area contributed by atoms with Crippen LogP contribution >= 0.6 is 0 Å². The van der Waals surface area contributed by atoms with Crippen molar-refractivity contribution in [3.63, 3.8) is 0 Å². The van der Waals surface area contributed by atoms with Gasteiger partial charge in [-0.2, -0.15) is 0 Å². The fourth-order valence-corrected chi connectivity index (χ4v) is 4.27. The summed E-state index contributed by atoms with van der Waals surface area (Å²) in [6.45, 7) is 2.21. The maximum absolute atomic E-state index is 11.6. The van der Waals surface area contributed by atoms with E-state index in [0.29, 0.717) is 18.5 Å². The van der Waals surface area contributed by atoms with Crippen LogP contribution in [0.4, 0.5) is 11.5 Å². The van der Waals surface area contributed by atoms with E-state index < -0.39 is 10.0 Å². The number of sulfonamides is 1. The molecule has 0 amide bonds. The molecule has 1 aromatic carbocycles. The number of aromatic nitrogens is 2. The second kappa shape index (κ2) is 9.54. The second-order valence-corrected chi connectivity index (χ2v) is 9.96. The van der Waals surface area contributed by atoms with Gasteiger partial charge in [-0.05, 0) is 62.8 Å². The lowest BCUT2D eigenvalue weighted by molar-refractivity contribution is 0.337. The normalized spacial score (nSPS) is 19.7. The standard InChI is InChI=1S/C21H31N5O2S/c1-4-29(27,28)22-15-16-8-10-18(11-9-16)23-21-13-12-20(24-25-21)17-6-5-7-19(14-17)26(2)3/h5-7,12-14,16,18,22H,4,8-11,15H2,1-3H3,(H,23,25)/t16-,18-. The van der Waals surface area contributed by atoms with E-state index in [0.717, 1.165) is 48.4 Å². The molecule has 1 saturated carbocycles. The predicted octanol–water partition coefficient (Wildman–Crippen LogP) is 3.12. The number of benzene rings is 1. The Labute approximate surface area is 174 Å². The largest absolute Gasteiger partial charge is 0.378 e. The lowest BCUT2D eigenvalue weighted by Crippen LogP contribution is -2.34. The Morgan fingerprint density at radius 2 is 1.83 bits per heavy atom. The van der Waals surface area contributed by atoms with Gasteiger partial charge < -0.3 is 10.2 Å². The lowest BCUT2D eigenvalue weighted by atomic mass is 9.86. The van der Waals surface area contributed by atoms with Gasteiger partial charge in [0.1, 0.15) is 5.82 Å². The quantitative estimate of drug-likeness (QED) is 0.686. The molecular formula is C21H31N5O2S. The molecule has 0 bridgehead atoms. The summed E-state index contributed by atoms with van der Waals surface area (Å²) in [6, 6.07) is 12.6. The number of anilines is 2. The third-order valence-corrected chi connectivity index (χ3v) is 6.86. The molecule has 8 heteroatoms. The molecule has 0 spiro atoms. The van der Waals surface area contributed by atoms with Crippen molar-refractivity contribution in [2.75, 3.05) is 36.6 Å². The van der Waals surface area contributed by atoms with Gasteiger partial charge in [0.05, 0.1) is 11.4 Å². The van der Waals surface area contributed by atoms with Crippen LogP contribution in [0.2, 0.25) is 0 Å². The summed E-state index contributed by atoms with van der Waals surface area (Å²) < 4.78 is 25.9. The Hall–Kier alpha value is -2.19. The van der Waals surface area contributed by atoms with Gasteiger partial charge in [0.15, 0.2) is 0 Å². The summed E-state index contributed by atoms with van der Waals surface area (Å²) in [4.78, 5) is 2.07. The molecule has 1 aromatic heterocycles. The van der Waals surface area contributed by atoms with Gasteiger partial charge in [-0.3, -0.25) is 0 Å². The van der Waals surface area contributed by atoms with Crippen LogP contribution < -0.4 is 14.9 Å². The minimum atomic E-state index is -3.10. The number of nitrogens with one attached hydrogen (secondary N) is 2. The third kappa shape index (κ3) is 6.14. The topological polar surface area (TPSA) is 87.2 Å². The summed E-state index contributed by atoms with van der Waals surface area (Å²) in [5.74, 6) is 1.33. The Kier molecular flexibility index (Phi) is 7.08. The van der Waals surface area contributed by atoms with Crippen LogP contribution in [0.3, 0.4) is 0 Å². The molecular weight excluding hydrogens is 386 g/mol. The summed E-state index contributed by atoms with van der Waals surface area (Å²) >= 11 is 0. The van der Waals surface area contributed by atoms with Crippen LogP contribution in [0.5, 0.6) is 0 Å². The average Bonchev–Trinajstić information content (AvgIpc) is 2.74. The van der Waals surface area contributed by atoms with Crippen molar-refractivity contribution in [3.05, 3.63) is 36.4 Å². The van der Waals surface area contributed by atoms with Gasteiger partial charge in [-0.1, -0.05) is 12.1 Å². The van der Waals surface area contributed by atoms with E-state index in [2.05, 4.69) is 37.3 Å². The van der Waals surface area contributed by atoms with Crippen molar-refractivity contribution < 1.29 is 8.42 Å². The number of rotatable bonds is 8. The molecule has 0 atom stereocenters. The summed E-state index contributed by atoms with van der Waals surface area (Å²) in [6.07, 6.45) is 4.03. The zero-order valence-electron chi connectivity index (χ0n) is 17.4. The van der Waals surface area contributed by atoms with Crippen molar-refractivity contribution in [2.24, 2.45) is 5.92 Å². The van der Waals surface area contributed by atoms with Gasteiger partial charge >= 0.3 is 0 Å². The second-order valence-electron chi connectivity index (χ2n) is 7.86. The van der Waals surface area contributed by atoms with Crippen molar-refractivity contribution in [2.45, 2.75) is 38.6 Å². The highest BCUT2D eigenvalue weighted by molar-refractivity contribution is 7.89. The minimum Gasteiger partial charge on any atom is -0.378 e. The van der Waals surface area contributed by atoms with Crippen molar-refractivity contribution >= 4 is 21.5 Å².